The molecular weight excluding hydrogens is 395 g/mol. The third-order valence-electron chi connectivity index (χ3n) is 5.29. The molecule has 0 radical (unpaired) electrons. The lowest BCUT2D eigenvalue weighted by Crippen LogP contribution is -2.20. The van der Waals surface area contributed by atoms with E-state index in [1.54, 1.807) is 22.8 Å². The number of halogens is 2. The minimum atomic E-state index is -0.195. The summed E-state index contributed by atoms with van der Waals surface area (Å²) in [4.78, 5) is 25.4. The molecule has 28 heavy (non-hydrogen) atoms. The molecule has 3 aromatic rings. The Bertz CT molecular complexity index is 1060. The average molecular weight is 415 g/mol. The van der Waals surface area contributed by atoms with Crippen molar-refractivity contribution < 1.29 is 9.59 Å². The van der Waals surface area contributed by atoms with Crippen LogP contribution in [0.1, 0.15) is 41.7 Å². The molecular formula is C22H20Cl2N2O2. The summed E-state index contributed by atoms with van der Waals surface area (Å²) in [6.07, 6.45) is 4.16. The van der Waals surface area contributed by atoms with Crippen LogP contribution in [0.3, 0.4) is 0 Å². The topological polar surface area (TPSA) is 51.1 Å². The molecule has 6 heteroatoms. The molecule has 0 saturated heterocycles. The molecule has 4 rings (SSSR count). The van der Waals surface area contributed by atoms with Crippen LogP contribution in [-0.2, 0) is 4.79 Å². The van der Waals surface area contributed by atoms with Crippen LogP contribution in [0.2, 0.25) is 10.0 Å². The SMILES string of the molecule is Cc1cc2cc(NC(=O)C3CCCC3)ccc2n1C(=O)c1cc(Cl)cc(Cl)c1. The highest BCUT2D eigenvalue weighted by molar-refractivity contribution is 6.35. The fraction of sp³-hybridized carbons (Fsp3) is 0.273. The lowest BCUT2D eigenvalue weighted by Gasteiger charge is -2.11. The molecule has 1 aliphatic rings. The smallest absolute Gasteiger partial charge is 0.262 e. The van der Waals surface area contributed by atoms with Crippen LogP contribution in [0.25, 0.3) is 10.9 Å². The van der Waals surface area contributed by atoms with Crippen molar-refractivity contribution in [2.24, 2.45) is 5.92 Å². The second-order valence-electron chi connectivity index (χ2n) is 7.33. The zero-order valence-corrected chi connectivity index (χ0v) is 17.0. The first-order valence-corrected chi connectivity index (χ1v) is 10.1. The molecule has 1 heterocycles. The molecule has 1 aromatic heterocycles. The van der Waals surface area contributed by atoms with E-state index in [1.165, 1.54) is 0 Å². The van der Waals surface area contributed by atoms with Crippen LogP contribution in [0, 0.1) is 12.8 Å². The van der Waals surface area contributed by atoms with E-state index in [0.29, 0.717) is 15.6 Å². The van der Waals surface area contributed by atoms with Crippen molar-refractivity contribution in [2.45, 2.75) is 32.6 Å². The molecule has 1 saturated carbocycles. The maximum absolute atomic E-state index is 13.1. The molecule has 1 fully saturated rings. The predicted octanol–water partition coefficient (Wildman–Crippen LogP) is 6.07. The van der Waals surface area contributed by atoms with Gasteiger partial charge in [0.15, 0.2) is 0 Å². The number of hydrogen-bond donors (Lipinski definition) is 1. The largest absolute Gasteiger partial charge is 0.326 e. The predicted molar refractivity (Wildman–Crippen MR) is 113 cm³/mol. The highest BCUT2D eigenvalue weighted by Gasteiger charge is 2.23. The molecule has 1 aliphatic carbocycles. The number of anilines is 1. The molecule has 1 N–H and O–H groups in total. The third-order valence-corrected chi connectivity index (χ3v) is 5.73. The summed E-state index contributed by atoms with van der Waals surface area (Å²) in [6, 6.07) is 12.4. The number of aryl methyl sites for hydroxylation is 1. The summed E-state index contributed by atoms with van der Waals surface area (Å²) >= 11 is 12.1. The fourth-order valence-electron chi connectivity index (χ4n) is 3.94. The summed E-state index contributed by atoms with van der Waals surface area (Å²) in [6.45, 7) is 1.88. The van der Waals surface area contributed by atoms with Crippen LogP contribution in [0.15, 0.2) is 42.5 Å². The second kappa shape index (κ2) is 7.61. The number of benzene rings is 2. The number of amides is 1. The van der Waals surface area contributed by atoms with Crippen molar-refractivity contribution in [1.29, 1.82) is 0 Å². The van der Waals surface area contributed by atoms with Gasteiger partial charge in [-0.05, 0) is 62.2 Å². The van der Waals surface area contributed by atoms with Crippen molar-refractivity contribution in [3.05, 3.63) is 63.8 Å². The molecule has 2 aromatic carbocycles. The maximum atomic E-state index is 13.1. The second-order valence-corrected chi connectivity index (χ2v) is 8.20. The Balaban J connectivity index is 1.66. The normalized spacial score (nSPS) is 14.5. The van der Waals surface area contributed by atoms with Crippen LogP contribution in [0.5, 0.6) is 0 Å². The van der Waals surface area contributed by atoms with Gasteiger partial charge in [0.05, 0.1) is 5.52 Å². The lowest BCUT2D eigenvalue weighted by atomic mass is 10.1. The first-order valence-electron chi connectivity index (χ1n) is 9.36. The van der Waals surface area contributed by atoms with Gasteiger partial charge in [-0.2, -0.15) is 0 Å². The Kier molecular flexibility index (Phi) is 5.17. The number of fused-ring (bicyclic) bond motifs is 1. The Morgan fingerprint density at radius 3 is 2.36 bits per heavy atom. The van der Waals surface area contributed by atoms with Crippen LogP contribution in [0.4, 0.5) is 5.69 Å². The van der Waals surface area contributed by atoms with Gasteiger partial charge in [-0.15, -0.1) is 0 Å². The van der Waals surface area contributed by atoms with Gasteiger partial charge in [-0.3, -0.25) is 14.2 Å². The van der Waals surface area contributed by atoms with Gasteiger partial charge in [0.1, 0.15) is 0 Å². The minimum absolute atomic E-state index is 0.0812. The Labute approximate surface area is 173 Å². The number of rotatable bonds is 3. The number of aromatic nitrogens is 1. The molecule has 144 valence electrons. The van der Waals surface area contributed by atoms with E-state index in [-0.39, 0.29) is 17.7 Å². The van der Waals surface area contributed by atoms with E-state index in [1.807, 2.05) is 31.2 Å². The highest BCUT2D eigenvalue weighted by atomic mass is 35.5. The number of nitrogens with zero attached hydrogens (tertiary/aromatic N) is 1. The van der Waals surface area contributed by atoms with Crippen molar-refractivity contribution in [3.8, 4) is 0 Å². The Hall–Kier alpha value is -2.30. The number of carbonyl (C=O) groups excluding carboxylic acids is 2. The number of carbonyl (C=O) groups is 2. The molecule has 4 nitrogen and oxygen atoms in total. The van der Waals surface area contributed by atoms with E-state index in [0.717, 1.165) is 48.0 Å². The van der Waals surface area contributed by atoms with Crippen LogP contribution < -0.4 is 5.32 Å². The van der Waals surface area contributed by atoms with Gasteiger partial charge in [0, 0.05) is 38.3 Å². The number of nitrogens with one attached hydrogen (secondary N) is 1. The quantitative estimate of drug-likeness (QED) is 0.564. The van der Waals surface area contributed by atoms with E-state index >= 15 is 0 Å². The summed E-state index contributed by atoms with van der Waals surface area (Å²) in [5.74, 6) is -0.00604. The van der Waals surface area contributed by atoms with Gasteiger partial charge < -0.3 is 5.32 Å². The molecule has 0 aliphatic heterocycles. The Morgan fingerprint density at radius 1 is 1.00 bits per heavy atom. The van der Waals surface area contributed by atoms with Crippen molar-refractivity contribution in [1.82, 2.24) is 4.57 Å². The van der Waals surface area contributed by atoms with E-state index < -0.39 is 0 Å². The summed E-state index contributed by atoms with van der Waals surface area (Å²) in [5.41, 5.74) is 2.75. The van der Waals surface area contributed by atoms with Gasteiger partial charge >= 0.3 is 0 Å². The molecule has 0 unspecified atom stereocenters. The number of hydrogen-bond acceptors (Lipinski definition) is 2. The zero-order chi connectivity index (χ0) is 19.8. The van der Waals surface area contributed by atoms with Gasteiger partial charge in [0.25, 0.3) is 5.91 Å². The standard InChI is InChI=1S/C22H20Cl2N2O2/c1-13-8-15-11-19(25-21(27)14-4-2-3-5-14)6-7-20(15)26(13)22(28)16-9-17(23)12-18(24)10-16/h6-12,14H,2-5H2,1H3,(H,25,27). The van der Waals surface area contributed by atoms with Gasteiger partial charge in [0.2, 0.25) is 5.91 Å². The van der Waals surface area contributed by atoms with Crippen molar-refractivity contribution in [2.75, 3.05) is 5.32 Å². The maximum Gasteiger partial charge on any atom is 0.262 e. The molecule has 0 atom stereocenters. The fourth-order valence-corrected chi connectivity index (χ4v) is 4.47. The zero-order valence-electron chi connectivity index (χ0n) is 15.5. The third kappa shape index (κ3) is 3.67. The van der Waals surface area contributed by atoms with E-state index in [2.05, 4.69) is 5.32 Å². The first kappa shape index (κ1) is 19.0. The van der Waals surface area contributed by atoms with Crippen molar-refractivity contribution >= 4 is 51.6 Å². The average Bonchev–Trinajstić information content (AvgIpc) is 3.27. The highest BCUT2D eigenvalue weighted by Crippen LogP contribution is 2.29. The van der Waals surface area contributed by atoms with Crippen LogP contribution in [-0.4, -0.2) is 16.4 Å². The summed E-state index contributed by atoms with van der Waals surface area (Å²) in [7, 11) is 0. The lowest BCUT2D eigenvalue weighted by molar-refractivity contribution is -0.119. The molecule has 0 spiro atoms. The van der Waals surface area contributed by atoms with E-state index in [9.17, 15) is 9.59 Å². The molecule has 1 amide bonds. The van der Waals surface area contributed by atoms with Crippen LogP contribution >= 0.6 is 23.2 Å². The monoisotopic (exact) mass is 414 g/mol. The van der Waals surface area contributed by atoms with Gasteiger partial charge in [-0.1, -0.05) is 36.0 Å². The Morgan fingerprint density at radius 2 is 1.68 bits per heavy atom. The minimum Gasteiger partial charge on any atom is -0.326 e. The van der Waals surface area contributed by atoms with E-state index in [4.69, 9.17) is 23.2 Å². The first-order chi connectivity index (χ1) is 13.4. The summed E-state index contributed by atoms with van der Waals surface area (Å²) in [5, 5.41) is 4.74. The summed E-state index contributed by atoms with van der Waals surface area (Å²) < 4.78 is 1.64. The van der Waals surface area contributed by atoms with Crippen molar-refractivity contribution in [3.63, 3.8) is 0 Å². The van der Waals surface area contributed by atoms with Gasteiger partial charge in [-0.25, -0.2) is 0 Å². The molecule has 0 bridgehead atoms.